The van der Waals surface area contributed by atoms with Crippen molar-refractivity contribution in [1.29, 1.82) is 0 Å². The van der Waals surface area contributed by atoms with Crippen LogP contribution in [0.4, 0.5) is 5.69 Å². The molecular weight excluding hydrogens is 380 g/mol. The topological polar surface area (TPSA) is 117 Å². The third kappa shape index (κ3) is 4.34. The maximum absolute atomic E-state index is 12.6. The minimum atomic E-state index is -0.258. The molecule has 4 N–H and O–H groups in total. The smallest absolute Gasteiger partial charge is 0.255 e. The number of nitrogens with two attached hydrogens (primary N) is 1. The number of rotatable bonds is 6. The van der Waals surface area contributed by atoms with Crippen molar-refractivity contribution in [1.82, 2.24) is 20.2 Å². The van der Waals surface area contributed by atoms with Gasteiger partial charge in [-0.3, -0.25) is 19.7 Å². The number of nitrogens with zero attached hydrogens (tertiary/aromatic N) is 3. The van der Waals surface area contributed by atoms with Crippen LogP contribution in [0.5, 0.6) is 0 Å². The Morgan fingerprint density at radius 2 is 1.77 bits per heavy atom. The molecule has 8 heteroatoms. The van der Waals surface area contributed by atoms with Crippen LogP contribution in [0.25, 0.3) is 11.0 Å². The number of carbonyl (C=O) groups is 2. The van der Waals surface area contributed by atoms with Gasteiger partial charge in [-0.25, -0.2) is 10.8 Å². The van der Waals surface area contributed by atoms with Crippen molar-refractivity contribution < 1.29 is 9.59 Å². The van der Waals surface area contributed by atoms with E-state index in [-0.39, 0.29) is 18.2 Å². The van der Waals surface area contributed by atoms with Gasteiger partial charge in [0, 0.05) is 11.8 Å². The molecule has 0 radical (unpaired) electrons. The van der Waals surface area contributed by atoms with Gasteiger partial charge in [-0.05, 0) is 29.3 Å². The minimum absolute atomic E-state index is 0.158. The van der Waals surface area contributed by atoms with Crippen LogP contribution in [0, 0.1) is 0 Å². The van der Waals surface area contributed by atoms with Gasteiger partial charge in [0.2, 0.25) is 5.91 Å². The van der Waals surface area contributed by atoms with Crippen LogP contribution >= 0.6 is 0 Å². The average Bonchev–Trinajstić information content (AvgIpc) is 3.25. The highest BCUT2D eigenvalue weighted by atomic mass is 16.2. The van der Waals surface area contributed by atoms with Crippen LogP contribution in [0.1, 0.15) is 21.5 Å². The van der Waals surface area contributed by atoms with Crippen LogP contribution < -0.4 is 11.2 Å². The van der Waals surface area contributed by atoms with Gasteiger partial charge in [0.1, 0.15) is 0 Å². The Bertz CT molecular complexity index is 1170. The van der Waals surface area contributed by atoms with E-state index in [1.54, 1.807) is 42.7 Å². The Labute approximate surface area is 172 Å². The molecule has 2 aromatic heterocycles. The van der Waals surface area contributed by atoms with Crippen molar-refractivity contribution in [3.05, 3.63) is 89.7 Å². The molecule has 2 heterocycles. The highest BCUT2D eigenvalue weighted by molar-refractivity contribution is 6.08. The lowest BCUT2D eigenvalue weighted by molar-refractivity contribution is -0.131. The fourth-order valence-corrected chi connectivity index (χ4v) is 3.07. The van der Waals surface area contributed by atoms with Gasteiger partial charge < -0.3 is 5.32 Å². The summed E-state index contributed by atoms with van der Waals surface area (Å²) in [6.45, 7) is 0.342. The minimum Gasteiger partial charge on any atom is -0.321 e. The van der Waals surface area contributed by atoms with Crippen molar-refractivity contribution in [3.8, 4) is 0 Å². The summed E-state index contributed by atoms with van der Waals surface area (Å²) in [5.41, 5.74) is 3.44. The number of nitrogens with one attached hydrogen (secondary N) is 2. The van der Waals surface area contributed by atoms with Gasteiger partial charge in [-0.1, -0.05) is 42.5 Å². The molecule has 0 fully saturated rings. The van der Waals surface area contributed by atoms with E-state index in [0.29, 0.717) is 23.4 Å². The van der Waals surface area contributed by atoms with E-state index in [0.717, 1.165) is 16.5 Å². The van der Waals surface area contributed by atoms with Gasteiger partial charge in [0.15, 0.2) is 5.65 Å². The third-order valence-electron chi connectivity index (χ3n) is 4.69. The molecule has 0 spiro atoms. The van der Waals surface area contributed by atoms with Crippen molar-refractivity contribution in [3.63, 3.8) is 0 Å². The molecule has 4 aromatic rings. The molecule has 30 heavy (non-hydrogen) atoms. The maximum atomic E-state index is 12.6. The van der Waals surface area contributed by atoms with Gasteiger partial charge in [0.25, 0.3) is 5.91 Å². The molecular formula is C22H20N6O2. The second kappa shape index (κ2) is 8.54. The van der Waals surface area contributed by atoms with E-state index in [2.05, 4.69) is 20.5 Å². The predicted octanol–water partition coefficient (Wildman–Crippen LogP) is 2.66. The van der Waals surface area contributed by atoms with E-state index in [1.807, 2.05) is 30.3 Å². The number of pyridine rings is 1. The first kappa shape index (κ1) is 19.3. The Balaban J connectivity index is 1.38. The lowest BCUT2D eigenvalue weighted by atomic mass is 10.1. The van der Waals surface area contributed by atoms with E-state index < -0.39 is 0 Å². The highest BCUT2D eigenvalue weighted by Crippen LogP contribution is 2.20. The van der Waals surface area contributed by atoms with E-state index >= 15 is 0 Å². The number of carbonyl (C=O) groups excluding carboxylic acids is 2. The van der Waals surface area contributed by atoms with Gasteiger partial charge >= 0.3 is 0 Å². The number of hydrogen-bond acceptors (Lipinski definition) is 5. The number of aromatic nitrogens is 3. The number of H-pyrrole nitrogens is 1. The average molecular weight is 400 g/mol. The summed E-state index contributed by atoms with van der Waals surface area (Å²) in [6.07, 6.45) is 3.37. The summed E-state index contributed by atoms with van der Waals surface area (Å²) in [5, 5.41) is 11.5. The number of amides is 2. The monoisotopic (exact) mass is 400 g/mol. The highest BCUT2D eigenvalue weighted by Gasteiger charge is 2.13. The van der Waals surface area contributed by atoms with E-state index in [4.69, 9.17) is 5.84 Å². The van der Waals surface area contributed by atoms with Gasteiger partial charge in [-0.2, -0.15) is 5.10 Å². The van der Waals surface area contributed by atoms with Crippen molar-refractivity contribution in [2.75, 3.05) is 5.32 Å². The lowest BCUT2D eigenvalue weighted by Gasteiger charge is -2.17. The second-order valence-electron chi connectivity index (χ2n) is 6.83. The molecule has 2 amide bonds. The van der Waals surface area contributed by atoms with Crippen LogP contribution in [-0.4, -0.2) is 32.0 Å². The molecule has 0 saturated carbocycles. The number of hydrogen-bond donors (Lipinski definition) is 3. The molecule has 150 valence electrons. The SMILES string of the molecule is NN(Cc1ccccc1)C(=O)Cc1ccc(C(=O)Nc2ccnc3[nH]ncc23)cc1. The molecule has 0 bridgehead atoms. The Morgan fingerprint density at radius 3 is 2.53 bits per heavy atom. The van der Waals surface area contributed by atoms with Crippen molar-refractivity contribution >= 4 is 28.5 Å². The Hall–Kier alpha value is -4.04. The predicted molar refractivity (Wildman–Crippen MR) is 113 cm³/mol. The Kier molecular flexibility index (Phi) is 5.49. The maximum Gasteiger partial charge on any atom is 0.255 e. The molecule has 0 aliphatic carbocycles. The first-order valence-corrected chi connectivity index (χ1v) is 9.37. The largest absolute Gasteiger partial charge is 0.321 e. The first-order valence-electron chi connectivity index (χ1n) is 9.37. The van der Waals surface area contributed by atoms with Crippen molar-refractivity contribution in [2.45, 2.75) is 13.0 Å². The lowest BCUT2D eigenvalue weighted by Crippen LogP contribution is -2.37. The van der Waals surface area contributed by atoms with Crippen LogP contribution in [-0.2, 0) is 17.8 Å². The summed E-state index contributed by atoms with van der Waals surface area (Å²) < 4.78 is 0. The molecule has 2 aromatic carbocycles. The van der Waals surface area contributed by atoms with Crippen LogP contribution in [0.2, 0.25) is 0 Å². The number of fused-ring (bicyclic) bond motifs is 1. The Morgan fingerprint density at radius 1 is 1.00 bits per heavy atom. The fourth-order valence-electron chi connectivity index (χ4n) is 3.07. The molecule has 0 aliphatic rings. The zero-order chi connectivity index (χ0) is 20.9. The summed E-state index contributed by atoms with van der Waals surface area (Å²) in [7, 11) is 0. The summed E-state index contributed by atoms with van der Waals surface area (Å²) >= 11 is 0. The van der Waals surface area contributed by atoms with Crippen LogP contribution in [0.3, 0.4) is 0 Å². The first-order chi connectivity index (χ1) is 14.6. The standard InChI is InChI=1S/C22H20N6O2/c23-28(14-16-4-2-1-3-5-16)20(29)12-15-6-8-17(9-7-15)22(30)26-19-10-11-24-21-18(19)13-25-27-21/h1-11,13H,12,14,23H2,(H2,24,25,26,27,30). The fraction of sp³-hybridized carbons (Fsp3) is 0.0909. The molecule has 8 nitrogen and oxygen atoms in total. The zero-order valence-electron chi connectivity index (χ0n) is 16.1. The molecule has 0 aliphatic heterocycles. The third-order valence-corrected chi connectivity index (χ3v) is 4.69. The van der Waals surface area contributed by atoms with Gasteiger partial charge in [0.05, 0.1) is 30.2 Å². The molecule has 0 saturated heterocycles. The molecule has 0 atom stereocenters. The van der Waals surface area contributed by atoms with E-state index in [1.165, 1.54) is 5.01 Å². The zero-order valence-corrected chi connectivity index (χ0v) is 16.1. The summed E-state index contributed by atoms with van der Waals surface area (Å²) in [5.74, 6) is 5.45. The number of hydrazine groups is 1. The number of benzene rings is 2. The summed E-state index contributed by atoms with van der Waals surface area (Å²) in [6, 6.07) is 18.1. The van der Waals surface area contributed by atoms with E-state index in [9.17, 15) is 9.59 Å². The molecule has 4 rings (SSSR count). The normalized spacial score (nSPS) is 10.7. The quantitative estimate of drug-likeness (QED) is 0.261. The number of anilines is 1. The van der Waals surface area contributed by atoms with Crippen LogP contribution in [0.15, 0.2) is 73.1 Å². The summed E-state index contributed by atoms with van der Waals surface area (Å²) in [4.78, 5) is 29.1. The van der Waals surface area contributed by atoms with Crippen molar-refractivity contribution in [2.24, 2.45) is 5.84 Å². The molecule has 0 unspecified atom stereocenters. The second-order valence-corrected chi connectivity index (χ2v) is 6.83. The van der Waals surface area contributed by atoms with Gasteiger partial charge in [-0.15, -0.1) is 0 Å². The number of aromatic amines is 1.